The molecular formula is C58H37NS2. The topological polar surface area (TPSA) is 3.24 Å². The average Bonchev–Trinajstić information content (AvgIpc) is 3.91. The van der Waals surface area contributed by atoms with Crippen molar-refractivity contribution in [3.63, 3.8) is 0 Å². The second-order valence-electron chi connectivity index (χ2n) is 15.7. The Morgan fingerprint density at radius 2 is 0.705 bits per heavy atom. The van der Waals surface area contributed by atoms with Crippen molar-refractivity contribution in [1.82, 2.24) is 0 Å². The summed E-state index contributed by atoms with van der Waals surface area (Å²) in [7, 11) is 0. The molecule has 0 N–H and O–H groups in total. The fourth-order valence-corrected chi connectivity index (χ4v) is 11.6. The minimum atomic E-state index is 1.10. The summed E-state index contributed by atoms with van der Waals surface area (Å²) in [5.74, 6) is 0. The van der Waals surface area contributed by atoms with Gasteiger partial charge in [-0.1, -0.05) is 170 Å². The SMILES string of the molecule is c1cc(-c2cccc(N(c3ccc(-c4cccc5ccccc45)cc3)c3cccc(-c4cccc5c4sc4ccccc45)c3)c2)cc(-c2cccc3c2sc2ccccc23)c1. The monoisotopic (exact) mass is 811 g/mol. The Morgan fingerprint density at radius 3 is 1.36 bits per heavy atom. The third-order valence-corrected chi connectivity index (χ3v) is 14.5. The van der Waals surface area contributed by atoms with E-state index in [1.54, 1.807) is 0 Å². The number of nitrogens with zero attached hydrogens (tertiary/aromatic N) is 1. The summed E-state index contributed by atoms with van der Waals surface area (Å²) < 4.78 is 5.29. The molecule has 0 unspecified atom stereocenters. The Bertz CT molecular complexity index is 3600. The normalized spacial score (nSPS) is 11.6. The Morgan fingerprint density at radius 1 is 0.262 bits per heavy atom. The van der Waals surface area contributed by atoms with Gasteiger partial charge in [-0.15, -0.1) is 22.7 Å². The number of hydrogen-bond donors (Lipinski definition) is 0. The highest BCUT2D eigenvalue weighted by Gasteiger charge is 2.18. The van der Waals surface area contributed by atoms with E-state index >= 15 is 0 Å². The highest BCUT2D eigenvalue weighted by molar-refractivity contribution is 7.26. The molecule has 0 aliphatic heterocycles. The number of benzene rings is 10. The molecule has 0 bridgehead atoms. The third-order valence-electron chi connectivity index (χ3n) is 12.1. The molecule has 0 aliphatic rings. The second-order valence-corrected chi connectivity index (χ2v) is 17.8. The van der Waals surface area contributed by atoms with Crippen molar-refractivity contribution in [2.75, 3.05) is 4.90 Å². The van der Waals surface area contributed by atoms with Gasteiger partial charge in [0.25, 0.3) is 0 Å². The predicted octanol–water partition coefficient (Wildman–Crippen LogP) is 17.7. The van der Waals surface area contributed by atoms with Crippen LogP contribution in [0.3, 0.4) is 0 Å². The van der Waals surface area contributed by atoms with Crippen molar-refractivity contribution < 1.29 is 0 Å². The zero-order chi connectivity index (χ0) is 40.3. The number of anilines is 3. The molecule has 2 heterocycles. The van der Waals surface area contributed by atoms with Crippen molar-refractivity contribution in [3.8, 4) is 44.5 Å². The van der Waals surface area contributed by atoms with E-state index in [9.17, 15) is 0 Å². The molecule has 61 heavy (non-hydrogen) atoms. The standard InChI is InChI=1S/C58H37NS2/c1-2-21-47-38(13-1)14-10-24-48(47)39-31-33-44(34-32-39)59(46-20-9-18-43(37-46)50-26-12-28-54-52-23-4-6-30-56(52)61-58(50)54)45-19-8-16-41(36-45)40-15-7-17-42(35-40)49-25-11-27-53-51-22-3-5-29-55(51)60-57(49)53/h1-37H. The van der Waals surface area contributed by atoms with E-state index in [1.807, 2.05) is 22.7 Å². The predicted molar refractivity (Wildman–Crippen MR) is 266 cm³/mol. The molecule has 10 aromatic carbocycles. The summed E-state index contributed by atoms with van der Waals surface area (Å²) in [6.07, 6.45) is 0. The smallest absolute Gasteiger partial charge is 0.0467 e. The molecule has 3 heteroatoms. The molecule has 1 nitrogen and oxygen atoms in total. The van der Waals surface area contributed by atoms with Gasteiger partial charge in [-0.25, -0.2) is 0 Å². The lowest BCUT2D eigenvalue weighted by Crippen LogP contribution is -2.10. The summed E-state index contributed by atoms with van der Waals surface area (Å²) in [5, 5.41) is 7.77. The lowest BCUT2D eigenvalue weighted by atomic mass is 9.97. The molecule has 0 amide bonds. The van der Waals surface area contributed by atoms with Crippen LogP contribution in [0.4, 0.5) is 17.1 Å². The molecule has 0 saturated heterocycles. The van der Waals surface area contributed by atoms with Crippen molar-refractivity contribution >= 4 is 90.9 Å². The van der Waals surface area contributed by atoms with Gasteiger partial charge < -0.3 is 4.90 Å². The van der Waals surface area contributed by atoms with E-state index in [-0.39, 0.29) is 0 Å². The fourth-order valence-electron chi connectivity index (χ4n) is 9.17. The quantitative estimate of drug-likeness (QED) is 0.155. The van der Waals surface area contributed by atoms with Gasteiger partial charge in [-0.3, -0.25) is 0 Å². The first-order chi connectivity index (χ1) is 30.2. The minimum Gasteiger partial charge on any atom is -0.310 e. The molecule has 12 aromatic rings. The van der Waals surface area contributed by atoms with Crippen LogP contribution in [0.2, 0.25) is 0 Å². The molecule has 0 aliphatic carbocycles. The van der Waals surface area contributed by atoms with Crippen LogP contribution in [-0.4, -0.2) is 0 Å². The highest BCUT2D eigenvalue weighted by Crippen LogP contribution is 2.44. The molecule has 0 fully saturated rings. The molecule has 0 atom stereocenters. The number of fused-ring (bicyclic) bond motifs is 7. The summed E-state index contributed by atoms with van der Waals surface area (Å²) >= 11 is 3.76. The highest BCUT2D eigenvalue weighted by atomic mass is 32.1. The number of rotatable bonds is 7. The van der Waals surface area contributed by atoms with E-state index < -0.39 is 0 Å². The minimum absolute atomic E-state index is 1.10. The van der Waals surface area contributed by atoms with Crippen LogP contribution in [0, 0.1) is 0 Å². The molecule has 0 spiro atoms. The van der Waals surface area contributed by atoms with Gasteiger partial charge in [0.2, 0.25) is 0 Å². The van der Waals surface area contributed by atoms with Gasteiger partial charge in [0, 0.05) is 57.4 Å². The lowest BCUT2D eigenvalue weighted by Gasteiger charge is -2.27. The van der Waals surface area contributed by atoms with Crippen molar-refractivity contribution in [2.24, 2.45) is 0 Å². The number of thiophene rings is 2. The summed E-state index contributed by atoms with van der Waals surface area (Å²) in [5.41, 5.74) is 13.1. The maximum atomic E-state index is 2.41. The Labute approximate surface area is 362 Å². The Hall–Kier alpha value is -7.30. The molecule has 0 radical (unpaired) electrons. The van der Waals surface area contributed by atoms with E-state index in [0.29, 0.717) is 0 Å². The van der Waals surface area contributed by atoms with Crippen LogP contribution >= 0.6 is 22.7 Å². The summed E-state index contributed by atoms with van der Waals surface area (Å²) in [6, 6.07) is 82.4. The number of hydrogen-bond acceptors (Lipinski definition) is 3. The molecule has 2 aromatic heterocycles. The van der Waals surface area contributed by atoms with Gasteiger partial charge in [0.15, 0.2) is 0 Å². The lowest BCUT2D eigenvalue weighted by molar-refractivity contribution is 1.28. The van der Waals surface area contributed by atoms with Crippen LogP contribution in [0.5, 0.6) is 0 Å². The van der Waals surface area contributed by atoms with Crippen molar-refractivity contribution in [3.05, 3.63) is 224 Å². The Kier molecular flexibility index (Phi) is 8.62. The first kappa shape index (κ1) is 35.6. The zero-order valence-corrected chi connectivity index (χ0v) is 34.8. The van der Waals surface area contributed by atoms with Crippen LogP contribution in [0.25, 0.3) is 95.6 Å². The maximum absolute atomic E-state index is 2.41. The van der Waals surface area contributed by atoms with Gasteiger partial charge in [0.05, 0.1) is 0 Å². The van der Waals surface area contributed by atoms with Gasteiger partial charge in [0.1, 0.15) is 0 Å². The van der Waals surface area contributed by atoms with E-state index in [4.69, 9.17) is 0 Å². The maximum Gasteiger partial charge on any atom is 0.0467 e. The van der Waals surface area contributed by atoms with Gasteiger partial charge >= 0.3 is 0 Å². The van der Waals surface area contributed by atoms with Crippen LogP contribution in [0.1, 0.15) is 0 Å². The summed E-state index contributed by atoms with van der Waals surface area (Å²) in [6.45, 7) is 0. The van der Waals surface area contributed by atoms with Gasteiger partial charge in [-0.05, 0) is 110 Å². The van der Waals surface area contributed by atoms with Gasteiger partial charge in [-0.2, -0.15) is 0 Å². The van der Waals surface area contributed by atoms with Crippen LogP contribution in [0.15, 0.2) is 224 Å². The molecule has 286 valence electrons. The van der Waals surface area contributed by atoms with E-state index in [0.717, 1.165) is 17.1 Å². The first-order valence-electron chi connectivity index (χ1n) is 20.7. The largest absolute Gasteiger partial charge is 0.310 e. The third kappa shape index (κ3) is 6.21. The average molecular weight is 812 g/mol. The Balaban J connectivity index is 0.984. The zero-order valence-electron chi connectivity index (χ0n) is 33.1. The van der Waals surface area contributed by atoms with Crippen LogP contribution in [-0.2, 0) is 0 Å². The summed E-state index contributed by atoms with van der Waals surface area (Å²) in [4.78, 5) is 2.41. The molecule has 0 saturated carbocycles. The second kappa shape index (κ2) is 14.8. The van der Waals surface area contributed by atoms with Crippen molar-refractivity contribution in [2.45, 2.75) is 0 Å². The van der Waals surface area contributed by atoms with Crippen LogP contribution < -0.4 is 4.90 Å². The van der Waals surface area contributed by atoms with Crippen molar-refractivity contribution in [1.29, 1.82) is 0 Å². The molecule has 12 rings (SSSR count). The van der Waals surface area contributed by atoms with E-state index in [1.165, 1.54) is 95.6 Å². The molecular weight excluding hydrogens is 775 g/mol. The fraction of sp³-hybridized carbons (Fsp3) is 0. The van der Waals surface area contributed by atoms with E-state index in [2.05, 4.69) is 229 Å². The first-order valence-corrected chi connectivity index (χ1v) is 22.4.